The van der Waals surface area contributed by atoms with Gasteiger partial charge in [-0.05, 0) is 37.5 Å². The molecule has 7 nitrogen and oxygen atoms in total. The fraction of sp³-hybridized carbons (Fsp3) is 0.842. The van der Waals surface area contributed by atoms with Crippen molar-refractivity contribution in [3.63, 3.8) is 0 Å². The van der Waals surface area contributed by atoms with Crippen LogP contribution in [0.25, 0.3) is 0 Å². The molecule has 1 aromatic rings. The predicted molar refractivity (Wildman–Crippen MR) is 95.4 cm³/mol. The van der Waals surface area contributed by atoms with Crippen LogP contribution in [0.15, 0.2) is 4.52 Å². The van der Waals surface area contributed by atoms with Crippen molar-refractivity contribution in [3.05, 3.63) is 11.7 Å². The number of methoxy groups -OCH3 is 1. The second-order valence-corrected chi connectivity index (χ2v) is 8.11. The number of piperidine rings is 1. The van der Waals surface area contributed by atoms with Crippen molar-refractivity contribution >= 4 is 5.91 Å². The van der Waals surface area contributed by atoms with Gasteiger partial charge in [-0.15, -0.1) is 0 Å². The van der Waals surface area contributed by atoms with Crippen LogP contribution in [-0.2, 0) is 27.3 Å². The van der Waals surface area contributed by atoms with E-state index >= 15 is 0 Å². The zero-order chi connectivity index (χ0) is 18.6. The molecule has 0 N–H and O–H groups in total. The average Bonchev–Trinajstić information content (AvgIpc) is 3.02. The monoisotopic (exact) mass is 365 g/mol. The summed E-state index contributed by atoms with van der Waals surface area (Å²) in [5, 5.41) is 3.94. The van der Waals surface area contributed by atoms with E-state index in [9.17, 15) is 4.79 Å². The third-order valence-electron chi connectivity index (χ3n) is 5.45. The van der Waals surface area contributed by atoms with Crippen LogP contribution in [0, 0.1) is 11.8 Å². The Morgan fingerprint density at radius 1 is 1.38 bits per heavy atom. The highest BCUT2D eigenvalue weighted by atomic mass is 16.5. The van der Waals surface area contributed by atoms with Crippen LogP contribution in [0.3, 0.4) is 0 Å². The topological polar surface area (TPSA) is 77.7 Å². The average molecular weight is 365 g/mol. The van der Waals surface area contributed by atoms with Gasteiger partial charge in [0, 0.05) is 39.6 Å². The van der Waals surface area contributed by atoms with Crippen LogP contribution in [0.1, 0.15) is 57.7 Å². The van der Waals surface area contributed by atoms with Crippen LogP contribution >= 0.6 is 0 Å². The molecule has 2 saturated heterocycles. The molecule has 1 unspecified atom stereocenters. The van der Waals surface area contributed by atoms with Crippen LogP contribution in [0.4, 0.5) is 0 Å². The molecule has 7 heteroatoms. The molecule has 2 fully saturated rings. The van der Waals surface area contributed by atoms with Crippen LogP contribution in [-0.4, -0.2) is 53.4 Å². The Kier molecular flexibility index (Phi) is 6.29. The number of aromatic nitrogens is 2. The van der Waals surface area contributed by atoms with E-state index in [0.29, 0.717) is 36.6 Å². The fourth-order valence-electron chi connectivity index (χ4n) is 4.10. The zero-order valence-corrected chi connectivity index (χ0v) is 16.2. The molecular weight excluding hydrogens is 334 g/mol. The molecule has 0 aliphatic carbocycles. The number of carbonyl (C=O) groups is 1. The summed E-state index contributed by atoms with van der Waals surface area (Å²) in [6.07, 6.45) is 5.29. The Balaban J connectivity index is 1.52. The summed E-state index contributed by atoms with van der Waals surface area (Å²) in [5.74, 6) is 2.45. The first-order chi connectivity index (χ1) is 12.5. The van der Waals surface area contributed by atoms with Crippen molar-refractivity contribution in [1.29, 1.82) is 0 Å². The molecule has 146 valence electrons. The molecular formula is C19H31N3O4. The fourth-order valence-corrected chi connectivity index (χ4v) is 4.10. The highest BCUT2D eigenvalue weighted by molar-refractivity contribution is 5.76. The molecule has 2 aliphatic heterocycles. The lowest BCUT2D eigenvalue weighted by molar-refractivity contribution is -0.147. The van der Waals surface area contributed by atoms with Gasteiger partial charge in [0.25, 0.3) is 0 Å². The second kappa shape index (κ2) is 8.48. The van der Waals surface area contributed by atoms with Gasteiger partial charge in [0.05, 0.1) is 5.60 Å². The van der Waals surface area contributed by atoms with Crippen molar-refractivity contribution < 1.29 is 18.8 Å². The lowest BCUT2D eigenvalue weighted by Gasteiger charge is -2.46. The van der Waals surface area contributed by atoms with Crippen LogP contribution < -0.4 is 0 Å². The summed E-state index contributed by atoms with van der Waals surface area (Å²) in [5.41, 5.74) is -0.0904. The third-order valence-corrected chi connectivity index (χ3v) is 5.45. The van der Waals surface area contributed by atoms with Crippen LogP contribution in [0.2, 0.25) is 0 Å². The molecule has 3 rings (SSSR count). The van der Waals surface area contributed by atoms with Gasteiger partial charge in [-0.3, -0.25) is 4.79 Å². The molecule has 26 heavy (non-hydrogen) atoms. The largest absolute Gasteiger partial charge is 0.377 e. The van der Waals surface area contributed by atoms with E-state index in [1.807, 2.05) is 4.90 Å². The zero-order valence-electron chi connectivity index (χ0n) is 16.2. The lowest BCUT2D eigenvalue weighted by atomic mass is 9.78. The first-order valence-electron chi connectivity index (χ1n) is 9.72. The van der Waals surface area contributed by atoms with Gasteiger partial charge in [0.15, 0.2) is 5.82 Å². The SMILES string of the molecule is COCc1noc(CC2CCOC3(CCN(C(=O)CC(C)C)CC3)C2)n1. The van der Waals surface area contributed by atoms with Gasteiger partial charge in [0.2, 0.25) is 11.8 Å². The first kappa shape index (κ1) is 19.3. The van der Waals surface area contributed by atoms with Crippen molar-refractivity contribution in [2.75, 3.05) is 26.8 Å². The molecule has 3 heterocycles. The number of rotatable bonds is 6. The maximum Gasteiger partial charge on any atom is 0.227 e. The summed E-state index contributed by atoms with van der Waals surface area (Å²) in [6, 6.07) is 0. The van der Waals surface area contributed by atoms with Gasteiger partial charge >= 0.3 is 0 Å². The Morgan fingerprint density at radius 3 is 2.85 bits per heavy atom. The van der Waals surface area contributed by atoms with E-state index in [1.165, 1.54) is 0 Å². The van der Waals surface area contributed by atoms with Gasteiger partial charge in [-0.25, -0.2) is 0 Å². The number of likely N-dealkylation sites (tertiary alicyclic amines) is 1. The number of nitrogens with zero attached hydrogens (tertiary/aromatic N) is 3. The maximum absolute atomic E-state index is 12.3. The van der Waals surface area contributed by atoms with Crippen molar-refractivity contribution in [3.8, 4) is 0 Å². The smallest absolute Gasteiger partial charge is 0.227 e. The highest BCUT2D eigenvalue weighted by Gasteiger charge is 2.41. The van der Waals surface area contributed by atoms with Gasteiger partial charge < -0.3 is 18.9 Å². The molecule has 1 aromatic heterocycles. The summed E-state index contributed by atoms with van der Waals surface area (Å²) in [7, 11) is 1.62. The maximum atomic E-state index is 12.3. The number of amides is 1. The molecule has 0 saturated carbocycles. The Labute approximate surface area is 155 Å². The molecule has 1 atom stereocenters. The Morgan fingerprint density at radius 2 is 2.15 bits per heavy atom. The number of ether oxygens (including phenoxy) is 2. The Bertz CT molecular complexity index is 593. The minimum Gasteiger partial charge on any atom is -0.377 e. The second-order valence-electron chi connectivity index (χ2n) is 8.11. The summed E-state index contributed by atoms with van der Waals surface area (Å²) >= 11 is 0. The number of hydrogen-bond acceptors (Lipinski definition) is 6. The quantitative estimate of drug-likeness (QED) is 0.771. The first-order valence-corrected chi connectivity index (χ1v) is 9.72. The molecule has 0 aromatic carbocycles. The van der Waals surface area contributed by atoms with E-state index in [4.69, 9.17) is 14.0 Å². The number of carbonyl (C=O) groups excluding carboxylic acids is 1. The normalized spacial score (nSPS) is 22.9. The summed E-state index contributed by atoms with van der Waals surface area (Å²) < 4.78 is 16.6. The molecule has 1 spiro atoms. The van der Waals surface area contributed by atoms with E-state index in [-0.39, 0.29) is 11.5 Å². The van der Waals surface area contributed by atoms with E-state index < -0.39 is 0 Å². The van der Waals surface area contributed by atoms with E-state index in [1.54, 1.807) is 7.11 Å². The third kappa shape index (κ3) is 4.82. The van der Waals surface area contributed by atoms with Crippen molar-refractivity contribution in [2.24, 2.45) is 11.8 Å². The van der Waals surface area contributed by atoms with E-state index in [2.05, 4.69) is 24.0 Å². The summed E-state index contributed by atoms with van der Waals surface area (Å²) in [4.78, 5) is 18.7. The van der Waals surface area contributed by atoms with Crippen molar-refractivity contribution in [2.45, 2.75) is 64.6 Å². The van der Waals surface area contributed by atoms with Gasteiger partial charge in [-0.1, -0.05) is 19.0 Å². The molecule has 0 bridgehead atoms. The standard InChI is InChI=1S/C19H31N3O4/c1-14(2)10-18(23)22-7-5-19(6-8-22)12-15(4-9-25-19)11-17-20-16(13-24-3)21-26-17/h14-15H,4-13H2,1-3H3. The van der Waals surface area contributed by atoms with Crippen molar-refractivity contribution in [1.82, 2.24) is 15.0 Å². The molecule has 0 radical (unpaired) electrons. The lowest BCUT2D eigenvalue weighted by Crippen LogP contribution is -2.51. The molecule has 1 amide bonds. The van der Waals surface area contributed by atoms with Gasteiger partial charge in [-0.2, -0.15) is 4.98 Å². The van der Waals surface area contributed by atoms with Crippen LogP contribution in [0.5, 0.6) is 0 Å². The summed E-state index contributed by atoms with van der Waals surface area (Å²) in [6.45, 7) is 6.93. The minimum atomic E-state index is -0.0904. The van der Waals surface area contributed by atoms with E-state index in [0.717, 1.165) is 51.8 Å². The molecule has 2 aliphatic rings. The minimum absolute atomic E-state index is 0.0904. The highest BCUT2D eigenvalue weighted by Crippen LogP contribution is 2.38. The predicted octanol–water partition coefficient (Wildman–Crippen LogP) is 2.59. The Hall–Kier alpha value is -1.47. The number of hydrogen-bond donors (Lipinski definition) is 0. The van der Waals surface area contributed by atoms with Gasteiger partial charge in [0.1, 0.15) is 6.61 Å².